The van der Waals surface area contributed by atoms with Gasteiger partial charge in [0.1, 0.15) is 0 Å². The fourth-order valence-corrected chi connectivity index (χ4v) is 2.94. The van der Waals surface area contributed by atoms with E-state index in [4.69, 9.17) is 11.6 Å². The molecule has 1 unspecified atom stereocenters. The molecule has 0 radical (unpaired) electrons. The second kappa shape index (κ2) is 5.33. The molecule has 1 aromatic heterocycles. The zero-order chi connectivity index (χ0) is 13.2. The van der Waals surface area contributed by atoms with Gasteiger partial charge in [0, 0.05) is 11.3 Å². The lowest BCUT2D eigenvalue weighted by Crippen LogP contribution is -2.10. The van der Waals surface area contributed by atoms with Gasteiger partial charge < -0.3 is 0 Å². The molecule has 0 saturated heterocycles. The number of halogens is 4. The van der Waals surface area contributed by atoms with Gasteiger partial charge in [0.25, 0.3) is 0 Å². The SMILES string of the molecule is FC(F)(F)c1ccccc1C(Cl)Cc1cccs1. The number of thiophene rings is 1. The molecule has 0 N–H and O–H groups in total. The number of alkyl halides is 4. The van der Waals surface area contributed by atoms with E-state index in [1.165, 1.54) is 23.5 Å². The van der Waals surface area contributed by atoms with E-state index in [1.807, 2.05) is 17.5 Å². The zero-order valence-corrected chi connectivity index (χ0v) is 10.8. The summed E-state index contributed by atoms with van der Waals surface area (Å²) < 4.78 is 38.5. The lowest BCUT2D eigenvalue weighted by molar-refractivity contribution is -0.138. The third kappa shape index (κ3) is 3.06. The van der Waals surface area contributed by atoms with Crippen molar-refractivity contribution in [2.75, 3.05) is 0 Å². The quantitative estimate of drug-likeness (QED) is 0.674. The molecule has 2 rings (SSSR count). The summed E-state index contributed by atoms with van der Waals surface area (Å²) in [4.78, 5) is 0.979. The van der Waals surface area contributed by atoms with Crippen LogP contribution in [0.15, 0.2) is 41.8 Å². The van der Waals surface area contributed by atoms with Crippen molar-refractivity contribution in [1.82, 2.24) is 0 Å². The normalized spacial score (nSPS) is 13.6. The third-order valence-corrected chi connectivity index (χ3v) is 3.85. The Morgan fingerprint density at radius 2 is 1.83 bits per heavy atom. The van der Waals surface area contributed by atoms with Crippen molar-refractivity contribution in [3.63, 3.8) is 0 Å². The maximum atomic E-state index is 12.8. The second-order valence-electron chi connectivity index (χ2n) is 3.84. The van der Waals surface area contributed by atoms with E-state index in [0.717, 1.165) is 10.9 Å². The van der Waals surface area contributed by atoms with Gasteiger partial charge in [-0.25, -0.2) is 0 Å². The van der Waals surface area contributed by atoms with Crippen LogP contribution < -0.4 is 0 Å². The highest BCUT2D eigenvalue weighted by molar-refractivity contribution is 7.09. The molecule has 18 heavy (non-hydrogen) atoms. The molecule has 0 aliphatic carbocycles. The summed E-state index contributed by atoms with van der Waals surface area (Å²) in [5, 5.41) is 1.22. The van der Waals surface area contributed by atoms with Gasteiger partial charge in [0.2, 0.25) is 0 Å². The fraction of sp³-hybridized carbons (Fsp3) is 0.231. The molecular formula is C13H10ClF3S. The monoisotopic (exact) mass is 290 g/mol. The first kappa shape index (κ1) is 13.4. The van der Waals surface area contributed by atoms with Gasteiger partial charge in [-0.3, -0.25) is 0 Å². The maximum absolute atomic E-state index is 12.8. The minimum atomic E-state index is -4.36. The average Bonchev–Trinajstić information content (AvgIpc) is 2.80. The molecule has 0 spiro atoms. The van der Waals surface area contributed by atoms with E-state index in [1.54, 1.807) is 6.07 Å². The van der Waals surface area contributed by atoms with Crippen molar-refractivity contribution in [3.8, 4) is 0 Å². The molecule has 0 aliphatic rings. The van der Waals surface area contributed by atoms with Crippen molar-refractivity contribution in [1.29, 1.82) is 0 Å². The lowest BCUT2D eigenvalue weighted by atomic mass is 10.0. The van der Waals surface area contributed by atoms with Crippen molar-refractivity contribution in [2.45, 2.75) is 18.0 Å². The minimum absolute atomic E-state index is 0.139. The summed E-state index contributed by atoms with van der Waals surface area (Å²) in [5.41, 5.74) is -0.512. The largest absolute Gasteiger partial charge is 0.416 e. The Balaban J connectivity index is 2.27. The molecule has 1 aromatic carbocycles. The molecule has 1 atom stereocenters. The molecular weight excluding hydrogens is 281 g/mol. The van der Waals surface area contributed by atoms with Crippen LogP contribution in [0.25, 0.3) is 0 Å². The van der Waals surface area contributed by atoms with E-state index in [-0.39, 0.29) is 5.56 Å². The Hall–Kier alpha value is -1.00. The number of hydrogen-bond donors (Lipinski definition) is 0. The molecule has 0 nitrogen and oxygen atoms in total. The van der Waals surface area contributed by atoms with Crippen LogP contribution in [0.5, 0.6) is 0 Å². The summed E-state index contributed by atoms with van der Waals surface area (Å²) in [7, 11) is 0. The van der Waals surface area contributed by atoms with E-state index in [2.05, 4.69) is 0 Å². The Kier molecular flexibility index (Phi) is 3.97. The molecule has 1 heterocycles. The second-order valence-corrected chi connectivity index (χ2v) is 5.40. The Morgan fingerprint density at radius 3 is 2.44 bits per heavy atom. The number of hydrogen-bond acceptors (Lipinski definition) is 1. The molecule has 5 heteroatoms. The molecule has 96 valence electrons. The highest BCUT2D eigenvalue weighted by atomic mass is 35.5. The smallest absolute Gasteiger partial charge is 0.166 e. The zero-order valence-electron chi connectivity index (χ0n) is 9.25. The van der Waals surface area contributed by atoms with Gasteiger partial charge >= 0.3 is 6.18 Å². The number of benzene rings is 1. The van der Waals surface area contributed by atoms with Crippen LogP contribution in [0, 0.1) is 0 Å². The van der Waals surface area contributed by atoms with Crippen LogP contribution in [-0.2, 0) is 12.6 Å². The van der Waals surface area contributed by atoms with Crippen LogP contribution in [0.3, 0.4) is 0 Å². The Labute approximate surface area is 112 Å². The van der Waals surface area contributed by atoms with Gasteiger partial charge in [-0.05, 0) is 23.1 Å². The Morgan fingerprint density at radius 1 is 1.11 bits per heavy atom. The minimum Gasteiger partial charge on any atom is -0.166 e. The standard InChI is InChI=1S/C13H10ClF3S/c14-12(8-9-4-3-7-18-9)10-5-1-2-6-11(10)13(15,16)17/h1-7,12H,8H2. The van der Waals surface area contributed by atoms with Crippen molar-refractivity contribution < 1.29 is 13.2 Å². The van der Waals surface area contributed by atoms with Crippen LogP contribution in [-0.4, -0.2) is 0 Å². The maximum Gasteiger partial charge on any atom is 0.416 e. The predicted octanol–water partition coefficient (Wildman–Crippen LogP) is 5.29. The van der Waals surface area contributed by atoms with E-state index >= 15 is 0 Å². The highest BCUT2D eigenvalue weighted by Crippen LogP contribution is 2.37. The first-order valence-electron chi connectivity index (χ1n) is 5.31. The molecule has 0 fully saturated rings. The molecule has 0 bridgehead atoms. The summed E-state index contributed by atoms with van der Waals surface area (Å²) in [6.45, 7) is 0. The summed E-state index contributed by atoms with van der Waals surface area (Å²) in [5.74, 6) is 0. The topological polar surface area (TPSA) is 0 Å². The van der Waals surface area contributed by atoms with Crippen LogP contribution in [0.2, 0.25) is 0 Å². The average molecular weight is 291 g/mol. The third-order valence-electron chi connectivity index (χ3n) is 2.56. The van der Waals surface area contributed by atoms with Crippen molar-refractivity contribution >= 4 is 22.9 Å². The summed E-state index contributed by atoms with van der Waals surface area (Å²) >= 11 is 7.61. The number of rotatable bonds is 3. The van der Waals surface area contributed by atoms with Crippen molar-refractivity contribution in [3.05, 3.63) is 57.8 Å². The van der Waals surface area contributed by atoms with Gasteiger partial charge in [0.15, 0.2) is 0 Å². The first-order chi connectivity index (χ1) is 8.48. The predicted molar refractivity (Wildman–Crippen MR) is 68.1 cm³/mol. The van der Waals surface area contributed by atoms with Crippen LogP contribution in [0.4, 0.5) is 13.2 Å². The lowest BCUT2D eigenvalue weighted by Gasteiger charge is -2.16. The first-order valence-corrected chi connectivity index (χ1v) is 6.62. The van der Waals surface area contributed by atoms with Crippen LogP contribution in [0.1, 0.15) is 21.4 Å². The van der Waals surface area contributed by atoms with Gasteiger partial charge in [-0.15, -0.1) is 22.9 Å². The fourth-order valence-electron chi connectivity index (χ4n) is 1.74. The van der Waals surface area contributed by atoms with Gasteiger partial charge in [-0.2, -0.15) is 13.2 Å². The molecule has 0 saturated carbocycles. The van der Waals surface area contributed by atoms with Crippen LogP contribution >= 0.6 is 22.9 Å². The molecule has 0 amide bonds. The van der Waals surface area contributed by atoms with E-state index in [0.29, 0.717) is 6.42 Å². The molecule has 2 aromatic rings. The van der Waals surface area contributed by atoms with Gasteiger partial charge in [-0.1, -0.05) is 24.3 Å². The molecule has 0 aliphatic heterocycles. The van der Waals surface area contributed by atoms with E-state index in [9.17, 15) is 13.2 Å². The van der Waals surface area contributed by atoms with Crippen molar-refractivity contribution in [2.24, 2.45) is 0 Å². The summed E-state index contributed by atoms with van der Waals surface area (Å²) in [6.07, 6.45) is -3.95. The highest BCUT2D eigenvalue weighted by Gasteiger charge is 2.34. The summed E-state index contributed by atoms with van der Waals surface area (Å²) in [6, 6.07) is 9.19. The van der Waals surface area contributed by atoms with Gasteiger partial charge in [0.05, 0.1) is 10.9 Å². The van der Waals surface area contributed by atoms with E-state index < -0.39 is 17.1 Å². The Bertz CT molecular complexity index is 505.